The highest BCUT2D eigenvalue weighted by Crippen LogP contribution is 2.35. The minimum atomic E-state index is 0.0429. The summed E-state index contributed by atoms with van der Waals surface area (Å²) in [5.41, 5.74) is 2.20. The van der Waals surface area contributed by atoms with Gasteiger partial charge in [0.15, 0.2) is 0 Å². The van der Waals surface area contributed by atoms with Crippen LogP contribution in [0.25, 0.3) is 11.6 Å². The van der Waals surface area contributed by atoms with Crippen LogP contribution in [0.1, 0.15) is 11.1 Å². The van der Waals surface area contributed by atoms with Crippen molar-refractivity contribution >= 4 is 11.6 Å². The van der Waals surface area contributed by atoms with E-state index in [1.807, 2.05) is 36.4 Å². The lowest BCUT2D eigenvalue weighted by Gasteiger charge is -2.18. The van der Waals surface area contributed by atoms with E-state index >= 15 is 0 Å². The lowest BCUT2D eigenvalue weighted by atomic mass is 9.97. The Balaban J connectivity index is 2.01. The molecule has 114 valence electrons. The molecule has 1 heterocycles. The van der Waals surface area contributed by atoms with Gasteiger partial charge in [-0.1, -0.05) is 36.4 Å². The van der Waals surface area contributed by atoms with Crippen molar-refractivity contribution in [3.63, 3.8) is 0 Å². The molecule has 0 saturated heterocycles. The van der Waals surface area contributed by atoms with Crippen LogP contribution in [0.4, 0.5) is 0 Å². The highest BCUT2D eigenvalue weighted by atomic mass is 16.5. The summed E-state index contributed by atoms with van der Waals surface area (Å²) in [5.74, 6) is 1.33. The summed E-state index contributed by atoms with van der Waals surface area (Å²) in [6, 6.07) is 17.9. The largest absolute Gasteiger partial charge is 0.508 e. The zero-order valence-corrected chi connectivity index (χ0v) is 12.6. The maximum atomic E-state index is 9.31. The topological polar surface area (TPSA) is 77.0 Å². The van der Waals surface area contributed by atoms with Crippen molar-refractivity contribution in [2.75, 3.05) is 0 Å². The van der Waals surface area contributed by atoms with Crippen molar-refractivity contribution < 1.29 is 9.84 Å². The van der Waals surface area contributed by atoms with Gasteiger partial charge in [0.2, 0.25) is 0 Å². The van der Waals surface area contributed by atoms with Gasteiger partial charge in [0.05, 0.1) is 0 Å². The Bertz CT molecular complexity index is 936. The zero-order valence-electron chi connectivity index (χ0n) is 12.6. The number of aromatic hydroxyl groups is 1. The molecule has 2 aromatic rings. The molecule has 1 aliphatic heterocycles. The van der Waals surface area contributed by atoms with Crippen LogP contribution < -0.4 is 4.74 Å². The average Bonchev–Trinajstić information content (AvgIpc) is 2.62. The standard InChI is InChI=1S/C20H12N2O2/c21-12-15(13-22)19-11-17(24-20-4-2-1-3-18(19)20)10-7-14-5-8-16(23)9-6-14/h1-11,23H. The third kappa shape index (κ3) is 3.04. The molecule has 0 bridgehead atoms. The van der Waals surface area contributed by atoms with Gasteiger partial charge >= 0.3 is 0 Å². The van der Waals surface area contributed by atoms with E-state index in [0.717, 1.165) is 11.1 Å². The fourth-order valence-corrected chi connectivity index (χ4v) is 2.35. The van der Waals surface area contributed by atoms with Crippen LogP contribution in [0.15, 0.2) is 72.0 Å². The summed E-state index contributed by atoms with van der Waals surface area (Å²) in [4.78, 5) is 0. The Morgan fingerprint density at radius 1 is 0.958 bits per heavy atom. The SMILES string of the molecule is N#CC(C#N)=C1C=C(C=Cc2ccc(O)cc2)Oc2ccccc21. The third-order valence-corrected chi connectivity index (χ3v) is 3.52. The molecular weight excluding hydrogens is 300 g/mol. The van der Waals surface area contributed by atoms with E-state index in [-0.39, 0.29) is 11.3 Å². The van der Waals surface area contributed by atoms with Gasteiger partial charge in [0.1, 0.15) is 35.0 Å². The molecule has 0 saturated carbocycles. The molecule has 24 heavy (non-hydrogen) atoms. The number of benzene rings is 2. The van der Waals surface area contributed by atoms with E-state index in [0.29, 0.717) is 17.1 Å². The van der Waals surface area contributed by atoms with Crippen molar-refractivity contribution in [3.05, 3.63) is 83.1 Å². The van der Waals surface area contributed by atoms with Crippen molar-refractivity contribution in [2.24, 2.45) is 0 Å². The van der Waals surface area contributed by atoms with Crippen LogP contribution in [-0.2, 0) is 0 Å². The van der Waals surface area contributed by atoms with E-state index in [2.05, 4.69) is 0 Å². The molecule has 0 aliphatic carbocycles. The Hall–Kier alpha value is -3.76. The molecule has 2 aromatic carbocycles. The number of nitrogens with zero attached hydrogens (tertiary/aromatic N) is 2. The van der Waals surface area contributed by atoms with Crippen LogP contribution in [0.3, 0.4) is 0 Å². The van der Waals surface area contributed by atoms with Crippen molar-refractivity contribution in [2.45, 2.75) is 0 Å². The van der Waals surface area contributed by atoms with Gasteiger partial charge in [-0.05, 0) is 35.9 Å². The maximum absolute atomic E-state index is 9.31. The first-order valence-electron chi connectivity index (χ1n) is 7.22. The summed E-state index contributed by atoms with van der Waals surface area (Å²) in [6.07, 6.45) is 5.27. The summed E-state index contributed by atoms with van der Waals surface area (Å²) in [7, 11) is 0. The van der Waals surface area contributed by atoms with E-state index in [1.54, 1.807) is 42.5 Å². The van der Waals surface area contributed by atoms with Crippen LogP contribution >= 0.6 is 0 Å². The monoisotopic (exact) mass is 312 g/mol. The lowest BCUT2D eigenvalue weighted by Crippen LogP contribution is -2.03. The molecule has 0 spiro atoms. The smallest absolute Gasteiger partial charge is 0.137 e. The van der Waals surface area contributed by atoms with Gasteiger partial charge in [-0.2, -0.15) is 10.5 Å². The van der Waals surface area contributed by atoms with E-state index in [1.165, 1.54) is 0 Å². The zero-order chi connectivity index (χ0) is 16.9. The minimum Gasteiger partial charge on any atom is -0.508 e. The predicted octanol–water partition coefficient (Wildman–Crippen LogP) is 4.18. The Labute approximate surface area is 139 Å². The molecule has 0 unspecified atom stereocenters. The summed E-state index contributed by atoms with van der Waals surface area (Å²) < 4.78 is 5.82. The molecule has 0 fully saturated rings. The van der Waals surface area contributed by atoms with Gasteiger partial charge in [0.25, 0.3) is 0 Å². The van der Waals surface area contributed by atoms with Gasteiger partial charge in [-0.3, -0.25) is 0 Å². The fourth-order valence-electron chi connectivity index (χ4n) is 2.35. The van der Waals surface area contributed by atoms with Gasteiger partial charge < -0.3 is 9.84 Å². The third-order valence-electron chi connectivity index (χ3n) is 3.52. The Morgan fingerprint density at radius 3 is 2.38 bits per heavy atom. The lowest BCUT2D eigenvalue weighted by molar-refractivity contribution is 0.439. The molecule has 0 radical (unpaired) electrons. The molecule has 1 N–H and O–H groups in total. The number of hydrogen-bond donors (Lipinski definition) is 1. The predicted molar refractivity (Wildman–Crippen MR) is 90.4 cm³/mol. The summed E-state index contributed by atoms with van der Waals surface area (Å²) in [5, 5.41) is 27.7. The number of para-hydroxylation sites is 1. The fraction of sp³-hybridized carbons (Fsp3) is 0. The van der Waals surface area contributed by atoms with Crippen molar-refractivity contribution in [3.8, 4) is 23.6 Å². The molecule has 1 aliphatic rings. The quantitative estimate of drug-likeness (QED) is 0.844. The van der Waals surface area contributed by atoms with Gasteiger partial charge in [-0.15, -0.1) is 0 Å². The Kier molecular flexibility index (Phi) is 4.14. The van der Waals surface area contributed by atoms with Gasteiger partial charge in [-0.25, -0.2) is 0 Å². The molecule has 0 atom stereocenters. The summed E-state index contributed by atoms with van der Waals surface area (Å²) >= 11 is 0. The average molecular weight is 312 g/mol. The second kappa shape index (κ2) is 6.56. The van der Waals surface area contributed by atoms with Gasteiger partial charge in [0, 0.05) is 11.1 Å². The molecule has 3 rings (SSSR count). The first kappa shape index (κ1) is 15.1. The van der Waals surface area contributed by atoms with Crippen LogP contribution in [0.2, 0.25) is 0 Å². The first-order valence-corrected chi connectivity index (χ1v) is 7.22. The number of hydrogen-bond acceptors (Lipinski definition) is 4. The van der Waals surface area contributed by atoms with Crippen LogP contribution in [0, 0.1) is 22.7 Å². The summed E-state index contributed by atoms with van der Waals surface area (Å²) in [6.45, 7) is 0. The second-order valence-electron chi connectivity index (χ2n) is 5.08. The number of fused-ring (bicyclic) bond motifs is 1. The number of allylic oxidation sites excluding steroid dienone is 4. The number of phenols is 1. The first-order chi connectivity index (χ1) is 11.7. The molecule has 0 amide bonds. The highest BCUT2D eigenvalue weighted by Gasteiger charge is 2.18. The molecule has 0 aromatic heterocycles. The van der Waals surface area contributed by atoms with E-state index < -0.39 is 0 Å². The number of nitriles is 2. The second-order valence-corrected chi connectivity index (χ2v) is 5.08. The molecule has 4 nitrogen and oxygen atoms in total. The van der Waals surface area contributed by atoms with Crippen molar-refractivity contribution in [1.29, 1.82) is 10.5 Å². The van der Waals surface area contributed by atoms with E-state index in [4.69, 9.17) is 4.74 Å². The molecule has 4 heteroatoms. The maximum Gasteiger partial charge on any atom is 0.137 e. The van der Waals surface area contributed by atoms with Crippen LogP contribution in [-0.4, -0.2) is 5.11 Å². The molecular formula is C20H12N2O2. The Morgan fingerprint density at radius 2 is 1.67 bits per heavy atom. The minimum absolute atomic E-state index is 0.0429. The number of rotatable bonds is 2. The van der Waals surface area contributed by atoms with Crippen molar-refractivity contribution in [1.82, 2.24) is 0 Å². The normalized spacial score (nSPS) is 12.6. The van der Waals surface area contributed by atoms with E-state index in [9.17, 15) is 15.6 Å². The number of phenolic OH excluding ortho intramolecular Hbond substituents is 1. The number of ether oxygens (including phenoxy) is 1. The van der Waals surface area contributed by atoms with Crippen LogP contribution in [0.5, 0.6) is 11.5 Å². The highest BCUT2D eigenvalue weighted by molar-refractivity contribution is 5.87.